The van der Waals surface area contributed by atoms with Gasteiger partial charge in [-0.25, -0.2) is 13.4 Å². The zero-order chi connectivity index (χ0) is 23.4. The van der Waals surface area contributed by atoms with Crippen LogP contribution in [-0.2, 0) is 16.6 Å². The Morgan fingerprint density at radius 1 is 1.00 bits per heavy atom. The summed E-state index contributed by atoms with van der Waals surface area (Å²) in [6.45, 7) is 2.20. The lowest BCUT2D eigenvalue weighted by molar-refractivity contribution is 0.0951. The maximum Gasteiger partial charge on any atom is 0.264 e. The Labute approximate surface area is 196 Å². The molecular formula is C24H22N4O3S2. The molecule has 1 N–H and O–H groups in total. The van der Waals surface area contributed by atoms with Gasteiger partial charge in [-0.2, -0.15) is 0 Å². The molecule has 0 aliphatic heterocycles. The van der Waals surface area contributed by atoms with E-state index in [0.717, 1.165) is 21.8 Å². The third-order valence-electron chi connectivity index (χ3n) is 5.10. The summed E-state index contributed by atoms with van der Waals surface area (Å²) < 4.78 is 26.9. The maximum atomic E-state index is 12.9. The summed E-state index contributed by atoms with van der Waals surface area (Å²) in [4.78, 5) is 21.3. The Hall–Kier alpha value is -3.56. The molecule has 0 aliphatic rings. The van der Waals surface area contributed by atoms with Gasteiger partial charge in [0.2, 0.25) is 0 Å². The van der Waals surface area contributed by atoms with Gasteiger partial charge in [-0.3, -0.25) is 14.1 Å². The first-order valence-corrected chi connectivity index (χ1v) is 12.5. The van der Waals surface area contributed by atoms with Crippen LogP contribution in [0.15, 0.2) is 83.3 Å². The Morgan fingerprint density at radius 3 is 2.33 bits per heavy atom. The van der Waals surface area contributed by atoms with Gasteiger partial charge in [0.25, 0.3) is 15.9 Å². The summed E-state index contributed by atoms with van der Waals surface area (Å²) >= 11 is 1.47. The van der Waals surface area contributed by atoms with Crippen molar-refractivity contribution in [2.75, 3.05) is 11.4 Å². The fourth-order valence-corrected chi connectivity index (χ4v) is 5.07. The van der Waals surface area contributed by atoms with Crippen molar-refractivity contribution >= 4 is 33.0 Å². The Kier molecular flexibility index (Phi) is 6.52. The van der Waals surface area contributed by atoms with Crippen molar-refractivity contribution in [2.24, 2.45) is 0 Å². The van der Waals surface area contributed by atoms with Gasteiger partial charge in [-0.05, 0) is 55.5 Å². The number of thiazole rings is 1. The second kappa shape index (κ2) is 9.51. The zero-order valence-corrected chi connectivity index (χ0v) is 19.7. The van der Waals surface area contributed by atoms with E-state index in [1.54, 1.807) is 60.9 Å². The van der Waals surface area contributed by atoms with E-state index < -0.39 is 10.0 Å². The standard InChI is InChI=1S/C24H22N4O3S2/c1-17-3-9-21(10-4-17)33(30,31)28(2)20-7-5-19(6-8-20)24(29)26-15-23-27-22(16-32-23)18-11-13-25-14-12-18/h3-14,16H,15H2,1-2H3,(H,26,29). The fourth-order valence-electron chi connectivity index (χ4n) is 3.14. The fraction of sp³-hybridized carbons (Fsp3) is 0.125. The average Bonchev–Trinajstić information content (AvgIpc) is 3.32. The number of hydrogen-bond donors (Lipinski definition) is 1. The van der Waals surface area contributed by atoms with Crippen LogP contribution in [0.1, 0.15) is 20.9 Å². The van der Waals surface area contributed by atoms with Gasteiger partial charge in [-0.15, -0.1) is 11.3 Å². The zero-order valence-electron chi connectivity index (χ0n) is 18.1. The van der Waals surface area contributed by atoms with Crippen molar-refractivity contribution in [1.82, 2.24) is 15.3 Å². The number of nitrogens with zero attached hydrogens (tertiary/aromatic N) is 3. The molecule has 7 nitrogen and oxygen atoms in total. The number of anilines is 1. The molecule has 4 aromatic rings. The quantitative estimate of drug-likeness (QED) is 0.428. The molecule has 168 valence electrons. The lowest BCUT2D eigenvalue weighted by Crippen LogP contribution is -2.27. The van der Waals surface area contributed by atoms with Gasteiger partial charge in [0.1, 0.15) is 5.01 Å². The summed E-state index contributed by atoms with van der Waals surface area (Å²) in [5.74, 6) is -0.258. The molecule has 1 amide bonds. The van der Waals surface area contributed by atoms with Gasteiger partial charge in [0.15, 0.2) is 0 Å². The molecule has 2 aromatic carbocycles. The molecule has 0 radical (unpaired) electrons. The van der Waals surface area contributed by atoms with E-state index >= 15 is 0 Å². The molecule has 0 aliphatic carbocycles. The molecule has 0 fully saturated rings. The Morgan fingerprint density at radius 2 is 1.67 bits per heavy atom. The minimum absolute atomic E-state index is 0.215. The second-order valence-electron chi connectivity index (χ2n) is 7.38. The monoisotopic (exact) mass is 478 g/mol. The van der Waals surface area contributed by atoms with Crippen molar-refractivity contribution < 1.29 is 13.2 Å². The Balaban J connectivity index is 1.40. The number of sulfonamides is 1. The van der Waals surface area contributed by atoms with Crippen LogP contribution in [0.2, 0.25) is 0 Å². The summed E-state index contributed by atoms with van der Waals surface area (Å²) in [7, 11) is -2.19. The Bertz CT molecular complexity index is 1350. The number of carbonyl (C=O) groups excluding carboxylic acids is 1. The van der Waals surface area contributed by atoms with Crippen LogP contribution < -0.4 is 9.62 Å². The van der Waals surface area contributed by atoms with Crippen molar-refractivity contribution in [3.05, 3.63) is 94.6 Å². The normalized spacial score (nSPS) is 11.2. The number of aryl methyl sites for hydroxylation is 1. The SMILES string of the molecule is Cc1ccc(S(=O)(=O)N(C)c2ccc(C(=O)NCc3nc(-c4ccncc4)cs3)cc2)cc1. The number of hydrogen-bond acceptors (Lipinski definition) is 6. The molecule has 0 atom stereocenters. The molecular weight excluding hydrogens is 456 g/mol. The number of carbonyl (C=O) groups is 1. The van der Waals surface area contributed by atoms with Crippen molar-refractivity contribution in [1.29, 1.82) is 0 Å². The van der Waals surface area contributed by atoms with Gasteiger partial charge >= 0.3 is 0 Å². The van der Waals surface area contributed by atoms with Gasteiger partial charge in [0.05, 0.1) is 22.8 Å². The topological polar surface area (TPSA) is 92.3 Å². The van der Waals surface area contributed by atoms with Crippen LogP contribution in [0.5, 0.6) is 0 Å². The smallest absolute Gasteiger partial charge is 0.264 e. The van der Waals surface area contributed by atoms with Crippen molar-refractivity contribution in [3.63, 3.8) is 0 Å². The average molecular weight is 479 g/mol. The molecule has 2 heterocycles. The molecule has 33 heavy (non-hydrogen) atoms. The molecule has 0 bridgehead atoms. The lowest BCUT2D eigenvalue weighted by atomic mass is 10.2. The molecule has 9 heteroatoms. The minimum atomic E-state index is -3.69. The summed E-state index contributed by atoms with van der Waals surface area (Å²) in [5, 5.41) is 5.58. The molecule has 0 unspecified atom stereocenters. The first-order valence-electron chi connectivity index (χ1n) is 10.1. The van der Waals surface area contributed by atoms with E-state index in [0.29, 0.717) is 17.8 Å². The first kappa shape index (κ1) is 22.6. The predicted molar refractivity (Wildman–Crippen MR) is 130 cm³/mol. The van der Waals surface area contributed by atoms with E-state index in [9.17, 15) is 13.2 Å². The first-order chi connectivity index (χ1) is 15.8. The van der Waals surface area contributed by atoms with E-state index in [2.05, 4.69) is 15.3 Å². The molecule has 0 saturated heterocycles. The third kappa shape index (κ3) is 5.10. The van der Waals surface area contributed by atoms with Crippen LogP contribution in [0.25, 0.3) is 11.3 Å². The van der Waals surface area contributed by atoms with Crippen LogP contribution in [0.4, 0.5) is 5.69 Å². The van der Waals surface area contributed by atoms with Crippen LogP contribution >= 0.6 is 11.3 Å². The summed E-state index contributed by atoms with van der Waals surface area (Å²) in [6.07, 6.45) is 3.42. The molecule has 0 saturated carbocycles. The number of benzene rings is 2. The van der Waals surface area contributed by atoms with E-state index in [4.69, 9.17) is 0 Å². The van der Waals surface area contributed by atoms with Gasteiger partial charge in [-0.1, -0.05) is 17.7 Å². The van der Waals surface area contributed by atoms with Crippen LogP contribution in [-0.4, -0.2) is 31.3 Å². The maximum absolute atomic E-state index is 12.9. The van der Waals surface area contributed by atoms with Crippen molar-refractivity contribution in [2.45, 2.75) is 18.4 Å². The predicted octanol–water partition coefficient (Wildman–Crippen LogP) is 4.27. The highest BCUT2D eigenvalue weighted by atomic mass is 32.2. The lowest BCUT2D eigenvalue weighted by Gasteiger charge is -2.20. The number of pyridine rings is 1. The largest absolute Gasteiger partial charge is 0.346 e. The highest BCUT2D eigenvalue weighted by Crippen LogP contribution is 2.23. The highest BCUT2D eigenvalue weighted by Gasteiger charge is 2.21. The minimum Gasteiger partial charge on any atom is -0.346 e. The summed E-state index contributed by atoms with van der Waals surface area (Å²) in [5.41, 5.74) is 3.70. The third-order valence-corrected chi connectivity index (χ3v) is 7.75. The number of aromatic nitrogens is 2. The van der Waals surface area contributed by atoms with E-state index in [1.807, 2.05) is 24.4 Å². The van der Waals surface area contributed by atoms with Crippen LogP contribution in [0.3, 0.4) is 0 Å². The molecule has 0 spiro atoms. The van der Waals surface area contributed by atoms with Gasteiger partial charge in [0, 0.05) is 35.9 Å². The van der Waals surface area contributed by atoms with Crippen molar-refractivity contribution in [3.8, 4) is 11.3 Å². The van der Waals surface area contributed by atoms with Crippen LogP contribution in [0, 0.1) is 6.92 Å². The number of rotatable bonds is 7. The molecule has 2 aromatic heterocycles. The number of amides is 1. The van der Waals surface area contributed by atoms with E-state index in [1.165, 1.54) is 22.7 Å². The molecule has 4 rings (SSSR count). The highest BCUT2D eigenvalue weighted by molar-refractivity contribution is 7.92. The second-order valence-corrected chi connectivity index (χ2v) is 10.3. The number of nitrogens with one attached hydrogen (secondary N) is 1. The van der Waals surface area contributed by atoms with Gasteiger partial charge < -0.3 is 5.32 Å². The van der Waals surface area contributed by atoms with E-state index in [-0.39, 0.29) is 10.8 Å². The summed E-state index contributed by atoms with van der Waals surface area (Å²) in [6, 6.07) is 16.9.